The highest BCUT2D eigenvalue weighted by Gasteiger charge is 2.34. The molecule has 142 valence electrons. The van der Waals surface area contributed by atoms with E-state index in [9.17, 15) is 4.79 Å². The molecule has 2 aliphatic rings. The molecule has 2 aromatic heterocycles. The Labute approximate surface area is 161 Å². The van der Waals surface area contributed by atoms with Gasteiger partial charge in [0.15, 0.2) is 11.5 Å². The lowest BCUT2D eigenvalue weighted by Gasteiger charge is -2.24. The fourth-order valence-corrected chi connectivity index (χ4v) is 3.91. The Morgan fingerprint density at radius 3 is 2.61 bits per heavy atom. The van der Waals surface area contributed by atoms with Gasteiger partial charge in [0, 0.05) is 29.3 Å². The largest absolute Gasteiger partial charge is 0.454 e. The lowest BCUT2D eigenvalue weighted by molar-refractivity contribution is -0.116. The molecule has 0 fully saturated rings. The van der Waals surface area contributed by atoms with Crippen LogP contribution in [0.25, 0.3) is 5.95 Å². The number of hydrogen-bond donors (Lipinski definition) is 1. The molecular formula is C20H19N5O3. The Hall–Kier alpha value is -3.42. The number of carbonyl (C=O) groups excluding carboxylic acids is 1. The van der Waals surface area contributed by atoms with Gasteiger partial charge in [-0.05, 0) is 44.5 Å². The van der Waals surface area contributed by atoms with Crippen LogP contribution in [0.1, 0.15) is 40.5 Å². The zero-order valence-electron chi connectivity index (χ0n) is 15.8. The predicted octanol–water partition coefficient (Wildman–Crippen LogP) is 2.79. The van der Waals surface area contributed by atoms with Crippen LogP contribution in [0.3, 0.4) is 0 Å². The number of carbonyl (C=O) groups is 1. The van der Waals surface area contributed by atoms with Crippen molar-refractivity contribution < 1.29 is 14.3 Å². The highest BCUT2D eigenvalue weighted by Crippen LogP contribution is 2.43. The highest BCUT2D eigenvalue weighted by atomic mass is 16.7. The SMILES string of the molecule is Cc1cc(C)nc(-n2nc(C)c3c2NC(=O)C[C@H]3c2ccc3c(c2)OCO3)n1. The number of ether oxygens (including phenoxy) is 2. The number of aryl methyl sites for hydroxylation is 3. The van der Waals surface area contributed by atoms with Crippen LogP contribution in [-0.2, 0) is 4.79 Å². The van der Waals surface area contributed by atoms with Gasteiger partial charge in [0.1, 0.15) is 5.82 Å². The number of benzene rings is 1. The minimum absolute atomic E-state index is 0.0688. The number of amides is 1. The van der Waals surface area contributed by atoms with E-state index in [2.05, 4.69) is 20.4 Å². The second kappa shape index (κ2) is 6.05. The summed E-state index contributed by atoms with van der Waals surface area (Å²) in [4.78, 5) is 21.5. The third-order valence-electron chi connectivity index (χ3n) is 5.06. The number of rotatable bonds is 2. The molecule has 1 N–H and O–H groups in total. The van der Waals surface area contributed by atoms with E-state index < -0.39 is 0 Å². The number of nitrogens with zero attached hydrogens (tertiary/aromatic N) is 4. The van der Waals surface area contributed by atoms with Crippen molar-refractivity contribution in [3.63, 3.8) is 0 Å². The molecule has 1 aromatic carbocycles. The maximum absolute atomic E-state index is 12.5. The topological polar surface area (TPSA) is 91.2 Å². The van der Waals surface area contributed by atoms with Crippen molar-refractivity contribution in [3.8, 4) is 17.4 Å². The molecular weight excluding hydrogens is 358 g/mol. The fourth-order valence-electron chi connectivity index (χ4n) is 3.91. The summed E-state index contributed by atoms with van der Waals surface area (Å²) in [6.07, 6.45) is 0.340. The Balaban J connectivity index is 1.65. The van der Waals surface area contributed by atoms with Gasteiger partial charge in [0.25, 0.3) is 5.95 Å². The van der Waals surface area contributed by atoms with Crippen LogP contribution >= 0.6 is 0 Å². The maximum Gasteiger partial charge on any atom is 0.252 e. The molecule has 0 saturated heterocycles. The normalized spacial score (nSPS) is 17.4. The van der Waals surface area contributed by atoms with E-state index in [-0.39, 0.29) is 18.6 Å². The number of hydrogen-bond acceptors (Lipinski definition) is 6. The molecule has 8 heteroatoms. The van der Waals surface area contributed by atoms with Crippen molar-refractivity contribution in [1.82, 2.24) is 19.7 Å². The summed E-state index contributed by atoms with van der Waals surface area (Å²) in [6, 6.07) is 7.71. The van der Waals surface area contributed by atoms with Gasteiger partial charge in [-0.1, -0.05) is 6.07 Å². The maximum atomic E-state index is 12.5. The Kier molecular flexibility index (Phi) is 3.61. The Bertz CT molecular complexity index is 1100. The minimum atomic E-state index is -0.127. The van der Waals surface area contributed by atoms with Gasteiger partial charge in [-0.15, -0.1) is 0 Å². The van der Waals surface area contributed by atoms with Gasteiger partial charge in [-0.2, -0.15) is 9.78 Å². The van der Waals surface area contributed by atoms with Gasteiger partial charge >= 0.3 is 0 Å². The third-order valence-corrected chi connectivity index (χ3v) is 5.06. The fraction of sp³-hybridized carbons (Fsp3) is 0.300. The molecule has 5 rings (SSSR count). The lowest BCUT2D eigenvalue weighted by Crippen LogP contribution is -2.25. The Morgan fingerprint density at radius 2 is 1.82 bits per heavy atom. The average Bonchev–Trinajstić information content (AvgIpc) is 3.24. The summed E-state index contributed by atoms with van der Waals surface area (Å²) in [5.41, 5.74) is 4.49. The molecule has 1 amide bonds. The van der Waals surface area contributed by atoms with Crippen molar-refractivity contribution in [2.45, 2.75) is 33.1 Å². The van der Waals surface area contributed by atoms with E-state index in [4.69, 9.17) is 9.47 Å². The van der Waals surface area contributed by atoms with Gasteiger partial charge in [0.05, 0.1) is 5.69 Å². The molecule has 0 aliphatic carbocycles. The van der Waals surface area contributed by atoms with Crippen LogP contribution in [0.4, 0.5) is 5.82 Å². The van der Waals surface area contributed by atoms with E-state index in [1.165, 1.54) is 0 Å². The summed E-state index contributed by atoms with van der Waals surface area (Å²) >= 11 is 0. The predicted molar refractivity (Wildman–Crippen MR) is 101 cm³/mol. The molecule has 0 radical (unpaired) electrons. The van der Waals surface area contributed by atoms with Crippen LogP contribution < -0.4 is 14.8 Å². The summed E-state index contributed by atoms with van der Waals surface area (Å²) < 4.78 is 12.5. The Morgan fingerprint density at radius 1 is 1.07 bits per heavy atom. The second-order valence-electron chi connectivity index (χ2n) is 7.13. The first kappa shape index (κ1) is 16.7. The van der Waals surface area contributed by atoms with Crippen molar-refractivity contribution in [2.24, 2.45) is 0 Å². The van der Waals surface area contributed by atoms with Crippen molar-refractivity contribution in [2.75, 3.05) is 12.1 Å². The van der Waals surface area contributed by atoms with Gasteiger partial charge < -0.3 is 14.8 Å². The quantitative estimate of drug-likeness (QED) is 0.738. The first-order valence-corrected chi connectivity index (χ1v) is 9.11. The minimum Gasteiger partial charge on any atom is -0.454 e. The van der Waals surface area contributed by atoms with Crippen LogP contribution in [0, 0.1) is 20.8 Å². The summed E-state index contributed by atoms with van der Waals surface area (Å²) in [7, 11) is 0. The van der Waals surface area contributed by atoms with Gasteiger partial charge in [-0.3, -0.25) is 4.79 Å². The highest BCUT2D eigenvalue weighted by molar-refractivity contribution is 5.95. The summed E-state index contributed by atoms with van der Waals surface area (Å²) in [5, 5.41) is 7.61. The van der Waals surface area contributed by atoms with Gasteiger partial charge in [-0.25, -0.2) is 9.97 Å². The zero-order valence-corrected chi connectivity index (χ0v) is 15.8. The van der Waals surface area contributed by atoms with Crippen LogP contribution in [0.5, 0.6) is 11.5 Å². The second-order valence-corrected chi connectivity index (χ2v) is 7.13. The number of fused-ring (bicyclic) bond motifs is 2. The summed E-state index contributed by atoms with van der Waals surface area (Å²) in [5.74, 6) is 2.31. The first-order chi connectivity index (χ1) is 13.5. The van der Waals surface area contributed by atoms with Crippen LogP contribution in [-0.4, -0.2) is 32.4 Å². The molecule has 8 nitrogen and oxygen atoms in total. The van der Waals surface area contributed by atoms with E-state index in [0.717, 1.165) is 34.0 Å². The number of anilines is 1. The molecule has 0 unspecified atom stereocenters. The third kappa shape index (κ3) is 2.60. The lowest BCUT2D eigenvalue weighted by atomic mass is 9.85. The molecule has 4 heterocycles. The molecule has 3 aromatic rings. The molecule has 1 atom stereocenters. The molecule has 2 aliphatic heterocycles. The molecule has 28 heavy (non-hydrogen) atoms. The summed E-state index contributed by atoms with van der Waals surface area (Å²) in [6.45, 7) is 5.98. The van der Waals surface area contributed by atoms with E-state index in [1.54, 1.807) is 4.68 Å². The smallest absolute Gasteiger partial charge is 0.252 e. The van der Waals surface area contributed by atoms with Crippen LogP contribution in [0.15, 0.2) is 24.3 Å². The zero-order chi connectivity index (χ0) is 19.4. The number of aromatic nitrogens is 4. The number of nitrogens with one attached hydrogen (secondary N) is 1. The van der Waals surface area contributed by atoms with Crippen molar-refractivity contribution in [1.29, 1.82) is 0 Å². The first-order valence-electron chi connectivity index (χ1n) is 9.11. The molecule has 0 bridgehead atoms. The van der Waals surface area contributed by atoms with E-state index in [0.29, 0.717) is 23.9 Å². The van der Waals surface area contributed by atoms with Crippen molar-refractivity contribution >= 4 is 11.7 Å². The van der Waals surface area contributed by atoms with E-state index in [1.807, 2.05) is 45.0 Å². The van der Waals surface area contributed by atoms with E-state index >= 15 is 0 Å². The molecule has 0 spiro atoms. The van der Waals surface area contributed by atoms with Crippen LogP contribution in [0.2, 0.25) is 0 Å². The van der Waals surface area contributed by atoms with Gasteiger partial charge in [0.2, 0.25) is 12.7 Å². The van der Waals surface area contributed by atoms with Crippen molar-refractivity contribution in [3.05, 3.63) is 52.5 Å². The molecule has 0 saturated carbocycles. The standard InChI is InChI=1S/C20H19N5O3/c1-10-6-11(2)22-20(21-10)25-19-18(12(3)24-25)14(8-17(26)23-19)13-4-5-15-16(7-13)28-9-27-15/h4-7,14H,8-9H2,1-3H3,(H,23,26)/t14-/m0/s1. The monoisotopic (exact) mass is 377 g/mol. The average molecular weight is 377 g/mol.